The van der Waals surface area contributed by atoms with E-state index in [1.807, 2.05) is 0 Å². The van der Waals surface area contributed by atoms with E-state index in [4.69, 9.17) is 0 Å². The molecule has 1 amide bonds. The van der Waals surface area contributed by atoms with Gasteiger partial charge in [-0.25, -0.2) is 0 Å². The molecule has 1 aliphatic heterocycles. The number of carbonyl (C=O) groups is 1. The van der Waals surface area contributed by atoms with E-state index in [-0.39, 0.29) is 30.7 Å². The lowest BCUT2D eigenvalue weighted by Gasteiger charge is -2.06. The van der Waals surface area contributed by atoms with Crippen molar-refractivity contribution in [2.75, 3.05) is 0 Å². The zero-order valence-corrected chi connectivity index (χ0v) is 12.4. The van der Waals surface area contributed by atoms with Crippen LogP contribution in [0.25, 0.3) is 0 Å². The number of carbonyl (C=O) groups excluding carboxylic acids is 1. The van der Waals surface area contributed by atoms with Gasteiger partial charge in [-0.2, -0.15) is 0 Å². The maximum atomic E-state index is 11.4. The fourth-order valence-corrected chi connectivity index (χ4v) is 1.98. The topological polar surface area (TPSA) is 41.1 Å². The Kier molecular flexibility index (Phi) is 8.48. The Bertz CT molecular complexity index is 435. The molecular weight excluding hydrogens is 283 g/mol. The zero-order valence-electron chi connectivity index (χ0n) is 10.8. The first-order valence-corrected chi connectivity index (χ1v) is 5.98. The summed E-state index contributed by atoms with van der Waals surface area (Å²) in [5.74, 6) is 0.0866. The first-order chi connectivity index (χ1) is 8.29. The standard InChI is InChI=1S/C14H18N2O.2ClH/c1-2-3-4-14(17)16-8-11-5-6-12-9-15-10-13(12)7-11;;/h2,5-7,15H,1,3-4,8-10H2,(H,16,17);2*1H. The summed E-state index contributed by atoms with van der Waals surface area (Å²) >= 11 is 0. The molecule has 1 aromatic carbocycles. The van der Waals surface area contributed by atoms with E-state index in [0.717, 1.165) is 19.5 Å². The van der Waals surface area contributed by atoms with E-state index in [2.05, 4.69) is 35.4 Å². The molecule has 0 aromatic heterocycles. The van der Waals surface area contributed by atoms with Gasteiger partial charge < -0.3 is 10.6 Å². The van der Waals surface area contributed by atoms with Crippen LogP contribution >= 0.6 is 24.8 Å². The van der Waals surface area contributed by atoms with Crippen molar-refractivity contribution in [3.8, 4) is 0 Å². The summed E-state index contributed by atoms with van der Waals surface area (Å²) < 4.78 is 0. The van der Waals surface area contributed by atoms with Crippen LogP contribution in [0.3, 0.4) is 0 Å². The van der Waals surface area contributed by atoms with Crippen LogP contribution in [0.4, 0.5) is 0 Å². The fourth-order valence-electron chi connectivity index (χ4n) is 1.98. The molecule has 0 spiro atoms. The lowest BCUT2D eigenvalue weighted by molar-refractivity contribution is -0.121. The molecule has 106 valence electrons. The number of halogens is 2. The third-order valence-electron chi connectivity index (χ3n) is 2.97. The Morgan fingerprint density at radius 2 is 2.05 bits per heavy atom. The van der Waals surface area contributed by atoms with Gasteiger partial charge in [0.15, 0.2) is 0 Å². The van der Waals surface area contributed by atoms with Crippen molar-refractivity contribution in [2.45, 2.75) is 32.5 Å². The van der Waals surface area contributed by atoms with Gasteiger partial charge in [0, 0.05) is 26.1 Å². The summed E-state index contributed by atoms with van der Waals surface area (Å²) in [6.07, 6.45) is 3.02. The Morgan fingerprint density at radius 3 is 2.79 bits per heavy atom. The Morgan fingerprint density at radius 1 is 1.32 bits per heavy atom. The van der Waals surface area contributed by atoms with E-state index in [9.17, 15) is 4.79 Å². The molecule has 1 heterocycles. The third kappa shape index (κ3) is 5.23. The number of amides is 1. The highest BCUT2D eigenvalue weighted by molar-refractivity contribution is 5.85. The van der Waals surface area contributed by atoms with Gasteiger partial charge in [0.25, 0.3) is 0 Å². The molecule has 0 fully saturated rings. The van der Waals surface area contributed by atoms with Crippen LogP contribution < -0.4 is 10.6 Å². The Labute approximate surface area is 126 Å². The summed E-state index contributed by atoms with van der Waals surface area (Å²) in [7, 11) is 0. The van der Waals surface area contributed by atoms with Crippen LogP contribution in [-0.4, -0.2) is 5.91 Å². The van der Waals surface area contributed by atoms with Crippen molar-refractivity contribution in [3.63, 3.8) is 0 Å². The summed E-state index contributed by atoms with van der Waals surface area (Å²) in [4.78, 5) is 11.4. The predicted octanol–water partition coefficient (Wildman–Crippen LogP) is 2.72. The van der Waals surface area contributed by atoms with Gasteiger partial charge >= 0.3 is 0 Å². The predicted molar refractivity (Wildman–Crippen MR) is 82.8 cm³/mol. The number of hydrogen-bond acceptors (Lipinski definition) is 2. The molecular formula is C14H20Cl2N2O. The molecule has 1 aromatic rings. The Hall–Kier alpha value is -1.03. The second kappa shape index (κ2) is 8.97. The van der Waals surface area contributed by atoms with Crippen molar-refractivity contribution in [1.29, 1.82) is 0 Å². The van der Waals surface area contributed by atoms with Crippen molar-refractivity contribution in [1.82, 2.24) is 10.6 Å². The number of rotatable bonds is 5. The molecule has 0 saturated carbocycles. The molecule has 0 aliphatic carbocycles. The lowest BCUT2D eigenvalue weighted by atomic mass is 10.1. The first kappa shape index (κ1) is 18.0. The minimum absolute atomic E-state index is 0. The van der Waals surface area contributed by atoms with Crippen molar-refractivity contribution >= 4 is 30.7 Å². The maximum Gasteiger partial charge on any atom is 0.220 e. The van der Waals surface area contributed by atoms with Crippen molar-refractivity contribution < 1.29 is 4.79 Å². The number of nitrogens with one attached hydrogen (secondary N) is 2. The SMILES string of the molecule is C=CCCC(=O)NCc1ccc2c(c1)CNC2.Cl.Cl. The lowest BCUT2D eigenvalue weighted by Crippen LogP contribution is -2.22. The quantitative estimate of drug-likeness (QED) is 0.821. The maximum absolute atomic E-state index is 11.4. The number of allylic oxidation sites excluding steroid dienone is 1. The molecule has 0 saturated heterocycles. The summed E-state index contributed by atoms with van der Waals surface area (Å²) in [6.45, 7) is 6.12. The smallest absolute Gasteiger partial charge is 0.220 e. The molecule has 0 radical (unpaired) electrons. The summed E-state index contributed by atoms with van der Waals surface area (Å²) in [5.41, 5.74) is 3.88. The monoisotopic (exact) mass is 302 g/mol. The van der Waals surface area contributed by atoms with Crippen LogP contribution in [0, 0.1) is 0 Å². The van der Waals surface area contributed by atoms with Crippen LogP contribution in [0.1, 0.15) is 29.5 Å². The molecule has 0 bridgehead atoms. The van der Waals surface area contributed by atoms with Crippen LogP contribution in [0.2, 0.25) is 0 Å². The summed E-state index contributed by atoms with van der Waals surface area (Å²) in [5, 5.41) is 6.23. The van der Waals surface area contributed by atoms with Gasteiger partial charge in [-0.15, -0.1) is 31.4 Å². The number of benzene rings is 1. The second-order valence-electron chi connectivity index (χ2n) is 4.31. The normalized spacial score (nSPS) is 11.8. The molecule has 3 nitrogen and oxygen atoms in total. The Balaban J connectivity index is 0.00000162. The van der Waals surface area contributed by atoms with Crippen LogP contribution in [-0.2, 0) is 24.4 Å². The van der Waals surface area contributed by atoms with E-state index in [0.29, 0.717) is 13.0 Å². The second-order valence-corrected chi connectivity index (χ2v) is 4.31. The van der Waals surface area contributed by atoms with Crippen molar-refractivity contribution in [2.24, 2.45) is 0 Å². The highest BCUT2D eigenvalue weighted by Crippen LogP contribution is 2.16. The highest BCUT2D eigenvalue weighted by atomic mass is 35.5. The molecule has 2 N–H and O–H groups in total. The van der Waals surface area contributed by atoms with Crippen molar-refractivity contribution in [3.05, 3.63) is 47.5 Å². The molecule has 0 atom stereocenters. The van der Waals surface area contributed by atoms with Gasteiger partial charge in [0.05, 0.1) is 0 Å². The molecule has 5 heteroatoms. The van der Waals surface area contributed by atoms with Gasteiger partial charge in [-0.3, -0.25) is 4.79 Å². The van der Waals surface area contributed by atoms with Gasteiger partial charge in [-0.05, 0) is 23.1 Å². The van der Waals surface area contributed by atoms with Gasteiger partial charge in [-0.1, -0.05) is 24.3 Å². The number of hydrogen-bond donors (Lipinski definition) is 2. The average Bonchev–Trinajstić information content (AvgIpc) is 2.81. The zero-order chi connectivity index (χ0) is 12.1. The minimum atomic E-state index is 0. The van der Waals surface area contributed by atoms with E-state index in [1.54, 1.807) is 6.08 Å². The fraction of sp³-hybridized carbons (Fsp3) is 0.357. The van der Waals surface area contributed by atoms with Gasteiger partial charge in [0.2, 0.25) is 5.91 Å². The molecule has 19 heavy (non-hydrogen) atoms. The van der Waals surface area contributed by atoms with E-state index >= 15 is 0 Å². The molecule has 2 rings (SSSR count). The molecule has 0 unspecified atom stereocenters. The highest BCUT2D eigenvalue weighted by Gasteiger charge is 2.10. The van der Waals surface area contributed by atoms with Crippen LogP contribution in [0.5, 0.6) is 0 Å². The van der Waals surface area contributed by atoms with E-state index < -0.39 is 0 Å². The first-order valence-electron chi connectivity index (χ1n) is 5.98. The third-order valence-corrected chi connectivity index (χ3v) is 2.97. The number of fused-ring (bicyclic) bond motifs is 1. The minimum Gasteiger partial charge on any atom is -0.352 e. The van der Waals surface area contributed by atoms with E-state index in [1.165, 1.54) is 16.7 Å². The average molecular weight is 303 g/mol. The summed E-state index contributed by atoms with van der Waals surface area (Å²) in [6, 6.07) is 6.39. The largest absolute Gasteiger partial charge is 0.352 e. The van der Waals surface area contributed by atoms with Gasteiger partial charge in [0.1, 0.15) is 0 Å². The molecule has 1 aliphatic rings. The van der Waals surface area contributed by atoms with Crippen LogP contribution in [0.15, 0.2) is 30.9 Å².